The molecule has 1 aromatic heterocycles. The molecule has 6 aromatic rings. The van der Waals surface area contributed by atoms with E-state index in [1.165, 1.54) is 44.5 Å². The monoisotopic (exact) mass is 902 g/mol. The van der Waals surface area contributed by atoms with Crippen molar-refractivity contribution < 1.29 is 8.81 Å². The molecule has 3 aliphatic carbocycles. The SMILES string of the molecule is C#C/C(=C\C=C/C)C(CF)CCC(CC)N(c1ccc2c(c1)C/C=C\C=C/C(=C)N2c1ccccc1)c1cc2c(c3c1oc1ccccc13)C1=C(CC=CC=C1)C21C(/C=C\C)=C(C)c2ccccc21. The van der Waals surface area contributed by atoms with Crippen LogP contribution in [0.25, 0.3) is 33.1 Å². The number of rotatable bonds is 12. The van der Waals surface area contributed by atoms with Crippen molar-refractivity contribution in [3.63, 3.8) is 0 Å². The van der Waals surface area contributed by atoms with Crippen molar-refractivity contribution in [3.05, 3.63) is 239 Å². The van der Waals surface area contributed by atoms with E-state index in [9.17, 15) is 0 Å². The molecule has 0 radical (unpaired) electrons. The van der Waals surface area contributed by atoms with E-state index in [-0.39, 0.29) is 6.04 Å². The highest BCUT2D eigenvalue weighted by molar-refractivity contribution is 6.18. The third-order valence-corrected chi connectivity index (χ3v) is 14.8. The van der Waals surface area contributed by atoms with Gasteiger partial charge in [0.05, 0.1) is 17.8 Å². The van der Waals surface area contributed by atoms with E-state index in [4.69, 9.17) is 10.8 Å². The van der Waals surface area contributed by atoms with Gasteiger partial charge in [0.1, 0.15) is 5.58 Å². The standard InChI is InChI=1S/C65H59FN2O/c1-7-11-27-46(9-3)48(43-66)37-38-49(10-4)68(51-39-40-59-47(41-51)28-16-12-15-26-44(5)67(59)50-29-17-13-18-30-50)60-42-58-62(63-54-33-22-24-36-61(54)69-64(60)63)53-32-19-14-20-34-57(53)65(58)55(25-8-2)45(6)52-31-21-23-35-56(52)65/h3,7-8,11-27,29-33,35-36,39-42,48-49H,5,10,28,34,37-38,43H2,1-2,4,6H3/b11-7-,16-12-,25-8-,26-15-,46-27+. The molecule has 342 valence electrons. The highest BCUT2D eigenvalue weighted by atomic mass is 19.1. The zero-order valence-electron chi connectivity index (χ0n) is 40.2. The molecule has 4 aliphatic rings. The lowest BCUT2D eigenvalue weighted by Crippen LogP contribution is -2.33. The van der Waals surface area contributed by atoms with Gasteiger partial charge < -0.3 is 14.2 Å². The summed E-state index contributed by atoms with van der Waals surface area (Å²) in [6.45, 7) is 12.7. The van der Waals surface area contributed by atoms with Gasteiger partial charge in [-0.2, -0.15) is 0 Å². The summed E-state index contributed by atoms with van der Waals surface area (Å²) in [6.07, 6.45) is 37.5. The molecule has 4 heteroatoms. The average Bonchev–Trinajstić information content (AvgIpc) is 3.90. The van der Waals surface area contributed by atoms with E-state index >= 15 is 4.39 Å². The number of alkyl halides is 1. The summed E-state index contributed by atoms with van der Waals surface area (Å²) in [7, 11) is 0. The van der Waals surface area contributed by atoms with Gasteiger partial charge in [0.25, 0.3) is 0 Å². The maximum atomic E-state index is 15.3. The number of para-hydroxylation sites is 2. The van der Waals surface area contributed by atoms with Gasteiger partial charge in [0, 0.05) is 51.1 Å². The topological polar surface area (TPSA) is 19.6 Å². The Kier molecular flexibility index (Phi) is 12.6. The predicted octanol–water partition coefficient (Wildman–Crippen LogP) is 17.3. The summed E-state index contributed by atoms with van der Waals surface area (Å²) in [4.78, 5) is 4.78. The Morgan fingerprint density at radius 1 is 0.884 bits per heavy atom. The number of nitrogens with zero attached hydrogens (tertiary/aromatic N) is 2. The number of halogens is 1. The van der Waals surface area contributed by atoms with Gasteiger partial charge in [-0.3, -0.25) is 4.39 Å². The van der Waals surface area contributed by atoms with E-state index in [0.717, 1.165) is 68.8 Å². The Labute approximate surface area is 407 Å². The maximum absolute atomic E-state index is 15.3. The number of allylic oxidation sites excluding steroid dienone is 18. The molecule has 0 fully saturated rings. The van der Waals surface area contributed by atoms with E-state index in [1.54, 1.807) is 0 Å². The van der Waals surface area contributed by atoms with Gasteiger partial charge in [0.2, 0.25) is 0 Å². The van der Waals surface area contributed by atoms with Crippen molar-refractivity contribution in [1.82, 2.24) is 0 Å². The van der Waals surface area contributed by atoms with Crippen LogP contribution in [0.4, 0.5) is 27.1 Å². The Morgan fingerprint density at radius 3 is 2.43 bits per heavy atom. The van der Waals surface area contributed by atoms with Crippen molar-refractivity contribution in [2.45, 2.75) is 71.3 Å². The van der Waals surface area contributed by atoms with Crippen LogP contribution in [0.3, 0.4) is 0 Å². The zero-order chi connectivity index (χ0) is 47.6. The average molecular weight is 903 g/mol. The molecule has 5 aromatic carbocycles. The lowest BCUT2D eigenvalue weighted by molar-refractivity contribution is 0.368. The molecule has 69 heavy (non-hydrogen) atoms. The van der Waals surface area contributed by atoms with Crippen LogP contribution in [0.2, 0.25) is 0 Å². The Balaban J connectivity index is 1.28. The van der Waals surface area contributed by atoms with Gasteiger partial charge >= 0.3 is 0 Å². The molecule has 0 saturated heterocycles. The summed E-state index contributed by atoms with van der Waals surface area (Å²) < 4.78 is 22.5. The molecule has 0 N–H and O–H groups in total. The molecular weight excluding hydrogens is 844 g/mol. The molecule has 0 amide bonds. The first-order valence-corrected chi connectivity index (χ1v) is 24.5. The van der Waals surface area contributed by atoms with Crippen LogP contribution in [0.1, 0.15) is 81.2 Å². The van der Waals surface area contributed by atoms with E-state index < -0.39 is 18.0 Å². The smallest absolute Gasteiger partial charge is 0.159 e. The Hall–Kier alpha value is -7.61. The van der Waals surface area contributed by atoms with Crippen molar-refractivity contribution in [2.24, 2.45) is 5.92 Å². The summed E-state index contributed by atoms with van der Waals surface area (Å²) in [5.41, 5.74) is 18.3. The molecule has 3 nitrogen and oxygen atoms in total. The van der Waals surface area contributed by atoms with Gasteiger partial charge in [-0.1, -0.05) is 153 Å². The summed E-state index contributed by atoms with van der Waals surface area (Å²) in [5, 5.41) is 2.20. The molecular formula is C65H59FN2O. The number of anilines is 4. The van der Waals surface area contributed by atoms with Crippen LogP contribution in [0.15, 0.2) is 216 Å². The lowest BCUT2D eigenvalue weighted by Gasteiger charge is -2.38. The van der Waals surface area contributed by atoms with Gasteiger partial charge in [0.15, 0.2) is 5.58 Å². The van der Waals surface area contributed by atoms with Crippen molar-refractivity contribution in [2.75, 3.05) is 16.5 Å². The van der Waals surface area contributed by atoms with Crippen molar-refractivity contribution in [1.29, 1.82) is 0 Å². The van der Waals surface area contributed by atoms with Crippen molar-refractivity contribution in [3.8, 4) is 12.3 Å². The molecule has 2 heterocycles. The number of hydrogen-bond acceptors (Lipinski definition) is 3. The number of hydrogen-bond donors (Lipinski definition) is 0. The van der Waals surface area contributed by atoms with Crippen LogP contribution in [-0.4, -0.2) is 12.7 Å². The molecule has 1 aliphatic heterocycles. The fourth-order valence-corrected chi connectivity index (χ4v) is 11.7. The first-order valence-electron chi connectivity index (χ1n) is 24.5. The van der Waals surface area contributed by atoms with E-state index in [1.807, 2.05) is 31.2 Å². The van der Waals surface area contributed by atoms with Gasteiger partial charge in [-0.25, -0.2) is 0 Å². The second-order valence-corrected chi connectivity index (χ2v) is 18.5. The lowest BCUT2D eigenvalue weighted by atomic mass is 9.67. The Morgan fingerprint density at radius 2 is 1.65 bits per heavy atom. The maximum Gasteiger partial charge on any atom is 0.159 e. The second kappa shape index (κ2) is 19.2. The second-order valence-electron chi connectivity index (χ2n) is 18.5. The van der Waals surface area contributed by atoms with E-state index in [2.05, 4.69) is 201 Å². The quantitative estimate of drug-likeness (QED) is 0.0901. The number of benzene rings is 5. The fraction of sp³-hybridized carbons (Fsp3) is 0.200. The third kappa shape index (κ3) is 7.53. The molecule has 0 bridgehead atoms. The van der Waals surface area contributed by atoms with Crippen LogP contribution < -0.4 is 9.80 Å². The predicted molar refractivity (Wildman–Crippen MR) is 291 cm³/mol. The first-order chi connectivity index (χ1) is 33.9. The van der Waals surface area contributed by atoms with Crippen LogP contribution in [0, 0.1) is 18.3 Å². The first kappa shape index (κ1) is 45.2. The van der Waals surface area contributed by atoms with Crippen molar-refractivity contribution >= 4 is 55.8 Å². The number of fused-ring (bicyclic) bond motifs is 11. The summed E-state index contributed by atoms with van der Waals surface area (Å²) in [5.74, 6) is 2.43. The van der Waals surface area contributed by atoms with Gasteiger partial charge in [-0.15, -0.1) is 6.42 Å². The van der Waals surface area contributed by atoms with Gasteiger partial charge in [-0.05, 0) is 152 Å². The van der Waals surface area contributed by atoms with E-state index in [0.29, 0.717) is 24.8 Å². The largest absolute Gasteiger partial charge is 0.454 e. The molecule has 10 rings (SSSR count). The minimum atomic E-state index is -0.567. The fourth-order valence-electron chi connectivity index (χ4n) is 11.7. The molecule has 3 unspecified atom stereocenters. The minimum Gasteiger partial charge on any atom is -0.454 e. The normalized spacial score (nSPS) is 19.4. The number of terminal acetylenes is 1. The highest BCUT2D eigenvalue weighted by Gasteiger charge is 2.53. The zero-order valence-corrected chi connectivity index (χ0v) is 40.2. The molecule has 1 spiro atoms. The Bertz CT molecular complexity index is 3330. The minimum absolute atomic E-state index is 0.0739. The highest BCUT2D eigenvalue weighted by Crippen LogP contribution is 2.65. The number of furan rings is 1. The van der Waals surface area contributed by atoms with Crippen LogP contribution in [0.5, 0.6) is 0 Å². The molecule has 3 atom stereocenters. The summed E-state index contributed by atoms with van der Waals surface area (Å²) >= 11 is 0. The summed E-state index contributed by atoms with van der Waals surface area (Å²) in [6, 6.07) is 37.3. The van der Waals surface area contributed by atoms with Crippen LogP contribution in [-0.2, 0) is 11.8 Å². The van der Waals surface area contributed by atoms with Crippen LogP contribution >= 0.6 is 0 Å². The third-order valence-electron chi connectivity index (χ3n) is 14.8. The molecule has 0 saturated carbocycles.